The molecule has 1 heterocycles. The van der Waals surface area contributed by atoms with Crippen LogP contribution >= 0.6 is 0 Å². The van der Waals surface area contributed by atoms with Crippen LogP contribution in [0.2, 0.25) is 0 Å². The number of aliphatic hydroxyl groups excluding tert-OH is 1. The number of hydrogen-bond acceptors (Lipinski definition) is 3. The van der Waals surface area contributed by atoms with Gasteiger partial charge in [0.2, 0.25) is 0 Å². The van der Waals surface area contributed by atoms with Gasteiger partial charge in [-0.3, -0.25) is 4.57 Å². The molecule has 1 aliphatic rings. The summed E-state index contributed by atoms with van der Waals surface area (Å²) in [5, 5.41) is 9.54. The fourth-order valence-corrected chi connectivity index (χ4v) is 2.82. The van der Waals surface area contributed by atoms with Crippen LogP contribution in [0.1, 0.15) is 31.7 Å². The molecule has 1 fully saturated rings. The molecule has 0 unspecified atom stereocenters. The van der Waals surface area contributed by atoms with Gasteiger partial charge in [0.1, 0.15) is 0 Å². The zero-order chi connectivity index (χ0) is 12.7. The number of nitrogens with two attached hydrogens (primary N) is 1. The van der Waals surface area contributed by atoms with Crippen molar-refractivity contribution in [2.75, 3.05) is 5.73 Å². The fourth-order valence-electron chi connectivity index (χ4n) is 2.82. The number of H-pyrrole nitrogens is 1. The molecular weight excluding hydrogens is 230 g/mol. The van der Waals surface area contributed by atoms with Crippen molar-refractivity contribution in [1.29, 1.82) is 0 Å². The van der Waals surface area contributed by atoms with E-state index in [1.54, 1.807) is 10.6 Å². The van der Waals surface area contributed by atoms with Crippen molar-refractivity contribution in [2.45, 2.75) is 37.8 Å². The van der Waals surface area contributed by atoms with Gasteiger partial charge in [-0.25, -0.2) is 4.79 Å². The number of imidazole rings is 1. The van der Waals surface area contributed by atoms with Crippen LogP contribution < -0.4 is 11.4 Å². The molecule has 0 amide bonds. The van der Waals surface area contributed by atoms with Crippen LogP contribution in [0, 0.1) is 0 Å². The number of nitrogen functional groups attached to an aromatic ring is 1. The highest BCUT2D eigenvalue weighted by Crippen LogP contribution is 2.30. The molecule has 2 aromatic rings. The monoisotopic (exact) mass is 247 g/mol. The summed E-state index contributed by atoms with van der Waals surface area (Å²) in [5.74, 6) is 0. The van der Waals surface area contributed by atoms with Crippen LogP contribution in [0.15, 0.2) is 23.0 Å². The summed E-state index contributed by atoms with van der Waals surface area (Å²) in [4.78, 5) is 14.9. The van der Waals surface area contributed by atoms with E-state index in [0.717, 1.165) is 36.7 Å². The lowest BCUT2D eigenvalue weighted by atomic mass is 9.93. The molecule has 4 N–H and O–H groups in total. The van der Waals surface area contributed by atoms with Gasteiger partial charge in [-0.15, -0.1) is 0 Å². The van der Waals surface area contributed by atoms with E-state index in [9.17, 15) is 9.90 Å². The smallest absolute Gasteiger partial charge is 0.326 e. The van der Waals surface area contributed by atoms with E-state index < -0.39 is 0 Å². The van der Waals surface area contributed by atoms with E-state index >= 15 is 0 Å². The van der Waals surface area contributed by atoms with Crippen molar-refractivity contribution >= 4 is 16.7 Å². The maximum Gasteiger partial charge on any atom is 0.326 e. The highest BCUT2D eigenvalue weighted by molar-refractivity contribution is 5.79. The van der Waals surface area contributed by atoms with Crippen LogP contribution in [0.3, 0.4) is 0 Å². The number of nitrogens with one attached hydrogen (secondary N) is 1. The molecule has 0 radical (unpaired) electrons. The highest BCUT2D eigenvalue weighted by Gasteiger charge is 2.23. The van der Waals surface area contributed by atoms with Crippen molar-refractivity contribution < 1.29 is 5.11 Å². The summed E-state index contributed by atoms with van der Waals surface area (Å²) in [7, 11) is 0. The van der Waals surface area contributed by atoms with Gasteiger partial charge in [-0.1, -0.05) is 0 Å². The van der Waals surface area contributed by atoms with E-state index in [1.165, 1.54) is 0 Å². The van der Waals surface area contributed by atoms with Crippen LogP contribution in [-0.4, -0.2) is 20.8 Å². The Kier molecular flexibility index (Phi) is 2.63. The number of aliphatic hydroxyl groups is 1. The van der Waals surface area contributed by atoms with Gasteiger partial charge >= 0.3 is 5.69 Å². The molecule has 1 aromatic carbocycles. The van der Waals surface area contributed by atoms with Crippen molar-refractivity contribution in [3.05, 3.63) is 28.7 Å². The minimum absolute atomic E-state index is 0.0861. The molecule has 0 saturated heterocycles. The van der Waals surface area contributed by atoms with Gasteiger partial charge in [0.25, 0.3) is 0 Å². The second-order valence-corrected chi connectivity index (χ2v) is 5.04. The lowest BCUT2D eigenvalue weighted by molar-refractivity contribution is 0.111. The topological polar surface area (TPSA) is 84.0 Å². The standard InChI is InChI=1S/C13H17N3O2/c14-8-1-6-11-12(7-8)16(13(18)15-11)9-2-4-10(17)5-3-9/h1,6-7,9-10,17H,2-5,14H2,(H,15,18). The molecule has 96 valence electrons. The summed E-state index contributed by atoms with van der Waals surface area (Å²) < 4.78 is 1.79. The molecule has 3 rings (SSSR count). The normalized spacial score (nSPS) is 24.5. The molecule has 0 aliphatic heterocycles. The molecule has 18 heavy (non-hydrogen) atoms. The van der Waals surface area contributed by atoms with Gasteiger partial charge in [-0.2, -0.15) is 0 Å². The van der Waals surface area contributed by atoms with Crippen LogP contribution in [0.5, 0.6) is 0 Å². The maximum atomic E-state index is 12.0. The van der Waals surface area contributed by atoms with Crippen LogP contribution in [-0.2, 0) is 0 Å². The first kappa shape index (κ1) is 11.3. The SMILES string of the molecule is Nc1ccc2[nH]c(=O)n(C3CCC(O)CC3)c2c1. The van der Waals surface area contributed by atoms with Gasteiger partial charge in [-0.05, 0) is 43.9 Å². The Balaban J connectivity index is 2.08. The van der Waals surface area contributed by atoms with Crippen molar-refractivity contribution in [1.82, 2.24) is 9.55 Å². The Morgan fingerprint density at radius 1 is 1.28 bits per heavy atom. The summed E-state index contributed by atoms with van der Waals surface area (Å²) in [6.07, 6.45) is 2.97. The highest BCUT2D eigenvalue weighted by atomic mass is 16.3. The van der Waals surface area contributed by atoms with E-state index in [0.29, 0.717) is 5.69 Å². The average Bonchev–Trinajstić information content (AvgIpc) is 2.66. The molecule has 0 atom stereocenters. The summed E-state index contributed by atoms with van der Waals surface area (Å²) in [6.45, 7) is 0. The molecule has 5 nitrogen and oxygen atoms in total. The molecule has 1 aromatic heterocycles. The quantitative estimate of drug-likeness (QED) is 0.666. The van der Waals surface area contributed by atoms with E-state index in [4.69, 9.17) is 5.73 Å². The first-order valence-corrected chi connectivity index (χ1v) is 6.33. The maximum absolute atomic E-state index is 12.0. The number of aromatic amines is 1. The van der Waals surface area contributed by atoms with Gasteiger partial charge in [0, 0.05) is 11.7 Å². The van der Waals surface area contributed by atoms with E-state index in [-0.39, 0.29) is 17.8 Å². The zero-order valence-corrected chi connectivity index (χ0v) is 10.1. The van der Waals surface area contributed by atoms with Crippen molar-refractivity contribution in [3.8, 4) is 0 Å². The number of nitrogens with zero attached hydrogens (tertiary/aromatic N) is 1. The van der Waals surface area contributed by atoms with Gasteiger partial charge in [0.05, 0.1) is 17.1 Å². The molecule has 5 heteroatoms. The van der Waals surface area contributed by atoms with Gasteiger partial charge < -0.3 is 15.8 Å². The summed E-state index contributed by atoms with van der Waals surface area (Å²) in [5.41, 5.74) is 8.04. The Hall–Kier alpha value is -1.75. The lowest BCUT2D eigenvalue weighted by Crippen LogP contribution is -2.27. The number of anilines is 1. The van der Waals surface area contributed by atoms with Crippen LogP contribution in [0.4, 0.5) is 5.69 Å². The van der Waals surface area contributed by atoms with Gasteiger partial charge in [0.15, 0.2) is 0 Å². The van der Waals surface area contributed by atoms with E-state index in [1.807, 2.05) is 12.1 Å². The first-order chi connectivity index (χ1) is 8.65. The Bertz CT molecular complexity index is 621. The fraction of sp³-hybridized carbons (Fsp3) is 0.462. The largest absolute Gasteiger partial charge is 0.399 e. The number of rotatable bonds is 1. The minimum atomic E-state index is -0.216. The van der Waals surface area contributed by atoms with Crippen LogP contribution in [0.25, 0.3) is 11.0 Å². The zero-order valence-electron chi connectivity index (χ0n) is 10.1. The van der Waals surface area contributed by atoms with Crippen molar-refractivity contribution in [3.63, 3.8) is 0 Å². The number of benzene rings is 1. The summed E-state index contributed by atoms with van der Waals surface area (Å²) >= 11 is 0. The number of fused-ring (bicyclic) bond motifs is 1. The molecular formula is C13H17N3O2. The third-order valence-corrected chi connectivity index (χ3v) is 3.77. The molecule has 0 bridgehead atoms. The third kappa shape index (κ3) is 1.80. The Morgan fingerprint density at radius 3 is 2.72 bits per heavy atom. The predicted molar refractivity (Wildman–Crippen MR) is 70.5 cm³/mol. The third-order valence-electron chi connectivity index (χ3n) is 3.77. The molecule has 0 spiro atoms. The second-order valence-electron chi connectivity index (χ2n) is 5.04. The minimum Gasteiger partial charge on any atom is -0.399 e. The second kappa shape index (κ2) is 4.17. The van der Waals surface area contributed by atoms with Crippen molar-refractivity contribution in [2.24, 2.45) is 0 Å². The average molecular weight is 247 g/mol. The molecule has 1 saturated carbocycles. The summed E-state index contributed by atoms with van der Waals surface area (Å²) in [6, 6.07) is 5.61. The predicted octanol–water partition coefficient (Wildman–Crippen LogP) is 1.39. The van der Waals surface area contributed by atoms with E-state index in [2.05, 4.69) is 4.98 Å². The Labute approximate surface area is 104 Å². The number of hydrogen-bond donors (Lipinski definition) is 3. The Morgan fingerprint density at radius 2 is 2.00 bits per heavy atom. The number of aromatic nitrogens is 2. The first-order valence-electron chi connectivity index (χ1n) is 6.33. The lowest BCUT2D eigenvalue weighted by Gasteiger charge is -2.26. The molecule has 1 aliphatic carbocycles.